The number of Topliss-reactive ketones (excluding diaryl/α,β-unsaturated/α-hetero) is 2. The van der Waals surface area contributed by atoms with E-state index in [0.717, 1.165) is 63.5 Å². The van der Waals surface area contributed by atoms with E-state index in [0.29, 0.717) is 37.4 Å². The minimum absolute atomic E-state index is 0. The topological polar surface area (TPSA) is 94.6 Å². The summed E-state index contributed by atoms with van der Waals surface area (Å²) < 4.78 is 10.7. The van der Waals surface area contributed by atoms with Gasteiger partial charge in [0.05, 0.1) is 35.4 Å². The SMILES string of the molecule is C.C=CC(=C)OCCCC.CCC1(C)CC(=O)C(C)C(C)(CC)N1OC(C)c1ccccc1.CCCCOC(=O)C(CC(C)c1ccccc1)ON1C(C)(CC)CC(=O)C(C)C1(C)CC. The van der Waals surface area contributed by atoms with Crippen molar-refractivity contribution in [3.05, 3.63) is 96.8 Å². The highest BCUT2D eigenvalue weighted by Crippen LogP contribution is 2.46. The zero-order chi connectivity index (χ0) is 48.3. The summed E-state index contributed by atoms with van der Waals surface area (Å²) in [6, 6.07) is 20.5. The second-order valence-corrected chi connectivity index (χ2v) is 19.1. The molecule has 0 spiro atoms. The van der Waals surface area contributed by atoms with Gasteiger partial charge >= 0.3 is 5.97 Å². The van der Waals surface area contributed by atoms with E-state index in [1.54, 1.807) is 6.08 Å². The molecule has 0 bridgehead atoms. The molecule has 0 amide bonds. The number of allylic oxidation sites excluding steroid dienone is 1. The third-order valence-electron chi connectivity index (χ3n) is 14.5. The summed E-state index contributed by atoms with van der Waals surface area (Å²) in [6.45, 7) is 37.7. The van der Waals surface area contributed by atoms with Gasteiger partial charge in [-0.15, -0.1) is 0 Å². The quantitative estimate of drug-likeness (QED) is 0.0525. The van der Waals surface area contributed by atoms with Crippen molar-refractivity contribution >= 4 is 17.5 Å². The summed E-state index contributed by atoms with van der Waals surface area (Å²) in [4.78, 5) is 51.7. The van der Waals surface area contributed by atoms with Gasteiger partial charge in [-0.1, -0.05) is 156 Å². The Kier molecular flexibility index (Phi) is 25.5. The van der Waals surface area contributed by atoms with Gasteiger partial charge in [0.1, 0.15) is 23.4 Å². The number of carbonyl (C=O) groups excluding carboxylic acids is 3. The molecule has 368 valence electrons. The summed E-state index contributed by atoms with van der Waals surface area (Å²) in [5.41, 5.74) is 0.848. The van der Waals surface area contributed by atoms with E-state index in [1.807, 2.05) is 55.3 Å². The number of benzene rings is 2. The zero-order valence-electron chi connectivity index (χ0n) is 42.6. The second-order valence-electron chi connectivity index (χ2n) is 19.1. The van der Waals surface area contributed by atoms with Gasteiger partial charge in [0.2, 0.25) is 0 Å². The maximum absolute atomic E-state index is 13.2. The number of nitrogens with zero attached hydrogens (tertiary/aromatic N) is 2. The van der Waals surface area contributed by atoms with Gasteiger partial charge in [0.25, 0.3) is 0 Å². The number of hydrogen-bond acceptors (Lipinski definition) is 9. The molecule has 9 nitrogen and oxygen atoms in total. The molecule has 0 aliphatic carbocycles. The maximum Gasteiger partial charge on any atom is 0.337 e. The van der Waals surface area contributed by atoms with E-state index >= 15 is 0 Å². The number of ketones is 2. The van der Waals surface area contributed by atoms with Crippen LogP contribution in [0.2, 0.25) is 0 Å². The van der Waals surface area contributed by atoms with E-state index in [9.17, 15) is 14.4 Å². The molecular weight excluding hydrogens is 813 g/mol. The first-order valence-corrected chi connectivity index (χ1v) is 24.4. The Balaban J connectivity index is 0.000000557. The van der Waals surface area contributed by atoms with Crippen LogP contribution >= 0.6 is 0 Å². The molecule has 2 saturated heterocycles. The Labute approximate surface area is 397 Å². The lowest BCUT2D eigenvalue weighted by Gasteiger charge is -2.56. The predicted molar refractivity (Wildman–Crippen MR) is 269 cm³/mol. The normalized spacial score (nSPS) is 27.0. The molecule has 4 rings (SSSR count). The van der Waals surface area contributed by atoms with Gasteiger partial charge in [-0.05, 0) is 103 Å². The van der Waals surface area contributed by atoms with Crippen LogP contribution in [0.3, 0.4) is 0 Å². The zero-order valence-corrected chi connectivity index (χ0v) is 42.6. The maximum atomic E-state index is 13.2. The monoisotopic (exact) mass is 905 g/mol. The van der Waals surface area contributed by atoms with Crippen molar-refractivity contribution in [2.24, 2.45) is 11.8 Å². The largest absolute Gasteiger partial charge is 0.494 e. The van der Waals surface area contributed by atoms with E-state index in [-0.39, 0.29) is 54.1 Å². The minimum atomic E-state index is -0.723. The molecule has 2 aliphatic heterocycles. The molecule has 0 radical (unpaired) electrons. The number of rotatable bonds is 21. The van der Waals surface area contributed by atoms with Crippen LogP contribution in [0.5, 0.6) is 0 Å². The van der Waals surface area contributed by atoms with Gasteiger partial charge in [0, 0.05) is 24.7 Å². The molecule has 9 heteroatoms. The standard InChI is InChI=1S/C27H43NO4.C20H31NO2.C8H14O.CH4/c1-8-11-17-31-25(30)24(18-20(4)22-15-13-12-14-16-22)32-28-26(6,9-2)19-23(29)21(5)27(28,7)10-3;1-7-19(5)14-18(22)15(3)20(6,8-2)21(19)23-16(4)17-12-10-9-11-13-17;1-4-6-7-9-8(3)5-2;/h12-16,20-21,24H,8-11,17-19H2,1-7H3;9-13,15-16H,7-8,14H2,1-6H3;5H,2-4,6-7H2,1H3;1H4. The van der Waals surface area contributed by atoms with E-state index in [1.165, 1.54) is 5.56 Å². The van der Waals surface area contributed by atoms with Crippen molar-refractivity contribution in [1.82, 2.24) is 10.1 Å². The molecule has 9 unspecified atom stereocenters. The first kappa shape index (κ1) is 59.4. The molecule has 65 heavy (non-hydrogen) atoms. The molecular formula is C56H92N2O7. The van der Waals surface area contributed by atoms with Crippen LogP contribution in [-0.2, 0) is 33.5 Å². The van der Waals surface area contributed by atoms with Crippen molar-refractivity contribution in [1.29, 1.82) is 0 Å². The molecule has 0 saturated carbocycles. The van der Waals surface area contributed by atoms with E-state index in [2.05, 4.69) is 126 Å². The van der Waals surface area contributed by atoms with Gasteiger partial charge in [0.15, 0.2) is 6.10 Å². The molecule has 0 N–H and O–H groups in total. The average molecular weight is 905 g/mol. The lowest BCUT2D eigenvalue weighted by molar-refractivity contribution is -0.315. The Morgan fingerprint density at radius 2 is 1.11 bits per heavy atom. The Hall–Kier alpha value is -3.63. The highest BCUT2D eigenvalue weighted by Gasteiger charge is 2.55. The van der Waals surface area contributed by atoms with Crippen LogP contribution < -0.4 is 0 Å². The summed E-state index contributed by atoms with van der Waals surface area (Å²) >= 11 is 0. The molecule has 2 aromatic carbocycles. The van der Waals surface area contributed by atoms with Crippen molar-refractivity contribution in [3.8, 4) is 0 Å². The Morgan fingerprint density at radius 1 is 0.692 bits per heavy atom. The van der Waals surface area contributed by atoms with Crippen molar-refractivity contribution < 1.29 is 33.5 Å². The smallest absolute Gasteiger partial charge is 0.337 e. The fraction of sp³-hybridized carbons (Fsp3) is 0.661. The van der Waals surface area contributed by atoms with Crippen LogP contribution in [-0.4, -0.2) is 69.1 Å². The first-order valence-electron chi connectivity index (χ1n) is 24.4. The highest BCUT2D eigenvalue weighted by molar-refractivity contribution is 5.84. The molecule has 9 atom stereocenters. The van der Waals surface area contributed by atoms with Gasteiger partial charge in [-0.25, -0.2) is 4.79 Å². The molecule has 2 fully saturated rings. The van der Waals surface area contributed by atoms with Gasteiger partial charge in [-0.3, -0.25) is 19.3 Å². The fourth-order valence-electron chi connectivity index (χ4n) is 8.72. The summed E-state index contributed by atoms with van der Waals surface area (Å²) in [7, 11) is 0. The van der Waals surface area contributed by atoms with Crippen LogP contribution in [0.25, 0.3) is 0 Å². The number of esters is 1. The van der Waals surface area contributed by atoms with E-state index in [4.69, 9.17) is 19.1 Å². The lowest BCUT2D eigenvalue weighted by atomic mass is 9.70. The van der Waals surface area contributed by atoms with Crippen molar-refractivity contribution in [3.63, 3.8) is 0 Å². The number of ether oxygens (including phenoxy) is 2. The Morgan fingerprint density at radius 3 is 1.51 bits per heavy atom. The Bertz CT molecular complexity index is 1740. The van der Waals surface area contributed by atoms with Gasteiger partial charge in [-0.2, -0.15) is 10.1 Å². The van der Waals surface area contributed by atoms with Crippen LogP contribution in [0, 0.1) is 11.8 Å². The summed E-state index contributed by atoms with van der Waals surface area (Å²) in [5.74, 6) is 0.908. The van der Waals surface area contributed by atoms with Crippen molar-refractivity contribution in [2.75, 3.05) is 13.2 Å². The molecule has 2 aromatic rings. The predicted octanol–water partition coefficient (Wildman–Crippen LogP) is 14.1. The van der Waals surface area contributed by atoms with Crippen LogP contribution in [0.4, 0.5) is 0 Å². The average Bonchev–Trinajstić information content (AvgIpc) is 3.30. The number of hydrogen-bond donors (Lipinski definition) is 0. The van der Waals surface area contributed by atoms with Crippen LogP contribution in [0.1, 0.15) is 198 Å². The fourth-order valence-corrected chi connectivity index (χ4v) is 8.72. The molecule has 2 aliphatic rings. The summed E-state index contributed by atoms with van der Waals surface area (Å²) in [6.07, 6.45) is 9.70. The molecule has 2 heterocycles. The number of carbonyl (C=O) groups is 3. The lowest BCUT2D eigenvalue weighted by Crippen LogP contribution is -2.67. The number of piperidine rings is 2. The minimum Gasteiger partial charge on any atom is -0.494 e. The highest BCUT2D eigenvalue weighted by atomic mass is 16.7. The third-order valence-corrected chi connectivity index (χ3v) is 14.5. The number of unbranched alkanes of at least 4 members (excludes halogenated alkanes) is 2. The molecule has 0 aromatic heterocycles. The first-order chi connectivity index (χ1) is 30.2. The number of hydroxylamine groups is 4. The van der Waals surface area contributed by atoms with Gasteiger partial charge < -0.3 is 9.47 Å². The van der Waals surface area contributed by atoms with E-state index < -0.39 is 17.2 Å². The second kappa shape index (κ2) is 27.9. The third kappa shape index (κ3) is 15.7. The van der Waals surface area contributed by atoms with Crippen molar-refractivity contribution in [2.45, 2.75) is 215 Å². The summed E-state index contributed by atoms with van der Waals surface area (Å²) in [5, 5.41) is 4.15. The van der Waals surface area contributed by atoms with Crippen LogP contribution in [0.15, 0.2) is 85.7 Å².